The summed E-state index contributed by atoms with van der Waals surface area (Å²) in [6.45, 7) is 4.37. The fraction of sp³-hybridized carbons (Fsp3) is 0.429. The molecule has 2 aromatic carbocycles. The van der Waals surface area contributed by atoms with E-state index in [0.717, 1.165) is 18.7 Å². The Morgan fingerprint density at radius 3 is 2.37 bits per heavy atom. The molecule has 2 aromatic rings. The Morgan fingerprint density at radius 1 is 0.963 bits per heavy atom. The maximum Gasteiger partial charge on any atom is 0.161 e. The predicted molar refractivity (Wildman–Crippen MR) is 117 cm³/mol. The maximum atomic E-state index is 6.19. The van der Waals surface area contributed by atoms with E-state index in [1.807, 2.05) is 24.3 Å². The summed E-state index contributed by atoms with van der Waals surface area (Å²) < 4.78 is 11.4. The van der Waals surface area contributed by atoms with Gasteiger partial charge < -0.3 is 14.8 Å². The van der Waals surface area contributed by atoms with Gasteiger partial charge in [-0.05, 0) is 42.8 Å². The van der Waals surface area contributed by atoms with E-state index in [1.165, 1.54) is 31.2 Å². The lowest BCUT2D eigenvalue weighted by atomic mass is 10.2. The first-order valence-corrected chi connectivity index (χ1v) is 9.84. The number of benzene rings is 2. The summed E-state index contributed by atoms with van der Waals surface area (Å²) in [5.74, 6) is 1.38. The number of unbranched alkanes of at least 4 members (excludes halogenated alkanes) is 3. The van der Waals surface area contributed by atoms with E-state index in [0.29, 0.717) is 28.2 Å². The fourth-order valence-electron chi connectivity index (χ4n) is 2.67. The lowest BCUT2D eigenvalue weighted by Crippen LogP contribution is -2.14. The highest BCUT2D eigenvalue weighted by Gasteiger charge is 2.10. The van der Waals surface area contributed by atoms with Crippen molar-refractivity contribution in [3.05, 3.63) is 57.6 Å². The van der Waals surface area contributed by atoms with Crippen molar-refractivity contribution >= 4 is 35.6 Å². The summed E-state index contributed by atoms with van der Waals surface area (Å²) in [4.78, 5) is 0. The third kappa shape index (κ3) is 7.79. The average Bonchev–Trinajstić information content (AvgIpc) is 2.64. The Balaban J connectivity index is 0.00000364. The highest BCUT2D eigenvalue weighted by molar-refractivity contribution is 6.35. The minimum Gasteiger partial charge on any atom is -0.493 e. The van der Waals surface area contributed by atoms with Gasteiger partial charge in [-0.1, -0.05) is 61.5 Å². The molecular weight excluding hydrogens is 405 g/mol. The van der Waals surface area contributed by atoms with Crippen LogP contribution in [0.4, 0.5) is 0 Å². The minimum absolute atomic E-state index is 0. The first-order chi connectivity index (χ1) is 12.7. The van der Waals surface area contributed by atoms with Crippen molar-refractivity contribution in [3.63, 3.8) is 0 Å². The minimum atomic E-state index is 0. The van der Waals surface area contributed by atoms with Crippen LogP contribution in [0.1, 0.15) is 43.7 Å². The van der Waals surface area contributed by atoms with Crippen molar-refractivity contribution in [1.29, 1.82) is 0 Å². The molecule has 27 heavy (non-hydrogen) atoms. The molecule has 0 aromatic heterocycles. The molecule has 0 fully saturated rings. The van der Waals surface area contributed by atoms with Gasteiger partial charge in [-0.25, -0.2) is 0 Å². The molecule has 0 unspecified atom stereocenters. The van der Waals surface area contributed by atoms with Gasteiger partial charge in [0.25, 0.3) is 0 Å². The fourth-order valence-corrected chi connectivity index (χ4v) is 3.18. The molecule has 0 radical (unpaired) electrons. The molecule has 0 aliphatic rings. The van der Waals surface area contributed by atoms with Crippen LogP contribution in [0.25, 0.3) is 0 Å². The van der Waals surface area contributed by atoms with Crippen molar-refractivity contribution in [3.8, 4) is 11.5 Å². The first kappa shape index (κ1) is 23.9. The Kier molecular flexibility index (Phi) is 11.6. The predicted octanol–water partition coefficient (Wildman–Crippen LogP) is 6.67. The number of methoxy groups -OCH3 is 1. The second-order valence-corrected chi connectivity index (χ2v) is 7.03. The third-order valence-electron chi connectivity index (χ3n) is 4.20. The van der Waals surface area contributed by atoms with Crippen LogP contribution in [0.15, 0.2) is 36.4 Å². The largest absolute Gasteiger partial charge is 0.493 e. The highest BCUT2D eigenvalue weighted by atomic mass is 35.5. The van der Waals surface area contributed by atoms with E-state index < -0.39 is 0 Å². The van der Waals surface area contributed by atoms with Gasteiger partial charge in [-0.2, -0.15) is 0 Å². The van der Waals surface area contributed by atoms with Gasteiger partial charge >= 0.3 is 0 Å². The zero-order valence-corrected chi connectivity index (χ0v) is 18.2. The van der Waals surface area contributed by atoms with Crippen LogP contribution >= 0.6 is 35.6 Å². The van der Waals surface area contributed by atoms with Gasteiger partial charge in [0.15, 0.2) is 11.5 Å². The lowest BCUT2D eigenvalue weighted by Gasteiger charge is -2.14. The molecule has 150 valence electrons. The summed E-state index contributed by atoms with van der Waals surface area (Å²) in [6, 6.07) is 11.4. The Hall–Kier alpha value is -1.13. The van der Waals surface area contributed by atoms with Gasteiger partial charge in [-0.15, -0.1) is 12.4 Å². The van der Waals surface area contributed by atoms with Crippen LogP contribution in [-0.2, 0) is 13.2 Å². The van der Waals surface area contributed by atoms with Gasteiger partial charge in [-0.3, -0.25) is 0 Å². The van der Waals surface area contributed by atoms with Crippen molar-refractivity contribution < 1.29 is 9.47 Å². The molecule has 0 bridgehead atoms. The van der Waals surface area contributed by atoms with E-state index in [-0.39, 0.29) is 12.4 Å². The number of hydrogen-bond acceptors (Lipinski definition) is 3. The topological polar surface area (TPSA) is 30.5 Å². The van der Waals surface area contributed by atoms with Gasteiger partial charge in [0, 0.05) is 22.2 Å². The van der Waals surface area contributed by atoms with Crippen LogP contribution in [0, 0.1) is 0 Å². The Labute approximate surface area is 178 Å². The maximum absolute atomic E-state index is 6.19. The number of ether oxygens (including phenoxy) is 2. The molecule has 2 rings (SSSR count). The van der Waals surface area contributed by atoms with Crippen LogP contribution in [0.3, 0.4) is 0 Å². The van der Waals surface area contributed by atoms with Crippen LogP contribution < -0.4 is 14.8 Å². The van der Waals surface area contributed by atoms with E-state index in [9.17, 15) is 0 Å². The molecule has 0 aliphatic carbocycles. The van der Waals surface area contributed by atoms with Crippen LogP contribution in [0.5, 0.6) is 11.5 Å². The van der Waals surface area contributed by atoms with E-state index in [2.05, 4.69) is 12.2 Å². The molecule has 0 saturated carbocycles. The quantitative estimate of drug-likeness (QED) is 0.402. The summed E-state index contributed by atoms with van der Waals surface area (Å²) in [7, 11) is 1.65. The Bertz CT molecular complexity index is 675. The smallest absolute Gasteiger partial charge is 0.161 e. The number of hydrogen-bond donors (Lipinski definition) is 1. The molecular formula is C21H28Cl3NO2. The lowest BCUT2D eigenvalue weighted by molar-refractivity contribution is 0.284. The summed E-state index contributed by atoms with van der Waals surface area (Å²) >= 11 is 12.4. The summed E-state index contributed by atoms with van der Waals surface area (Å²) in [5.41, 5.74) is 1.94. The third-order valence-corrected chi connectivity index (χ3v) is 4.91. The zero-order chi connectivity index (χ0) is 18.8. The first-order valence-electron chi connectivity index (χ1n) is 9.09. The van der Waals surface area contributed by atoms with Crippen molar-refractivity contribution in [2.75, 3.05) is 13.7 Å². The molecule has 0 saturated heterocycles. The van der Waals surface area contributed by atoms with Crippen molar-refractivity contribution in [1.82, 2.24) is 5.32 Å². The average molecular weight is 433 g/mol. The molecule has 0 aliphatic heterocycles. The SMILES string of the molecule is CCCCCCNCc1ccc(OCc2c(Cl)cccc2Cl)c(OC)c1.Cl. The second kappa shape index (κ2) is 13.1. The van der Waals surface area contributed by atoms with Gasteiger partial charge in [0.2, 0.25) is 0 Å². The Morgan fingerprint density at radius 2 is 1.70 bits per heavy atom. The van der Waals surface area contributed by atoms with E-state index >= 15 is 0 Å². The molecule has 0 heterocycles. The highest BCUT2D eigenvalue weighted by Crippen LogP contribution is 2.31. The molecule has 1 N–H and O–H groups in total. The monoisotopic (exact) mass is 431 g/mol. The van der Waals surface area contributed by atoms with E-state index in [4.69, 9.17) is 32.7 Å². The standard InChI is InChI=1S/C21H27Cl2NO2.ClH/c1-3-4-5-6-12-24-14-16-10-11-20(21(13-16)25-2)26-15-17-18(22)8-7-9-19(17)23;/h7-11,13,24H,3-6,12,14-15H2,1-2H3;1H. The number of halogens is 3. The molecule has 0 spiro atoms. The molecule has 0 atom stereocenters. The summed E-state index contributed by atoms with van der Waals surface area (Å²) in [6.07, 6.45) is 5.06. The van der Waals surface area contributed by atoms with Crippen molar-refractivity contribution in [2.45, 2.75) is 45.8 Å². The number of nitrogens with one attached hydrogen (secondary N) is 1. The van der Waals surface area contributed by atoms with Gasteiger partial charge in [0.05, 0.1) is 7.11 Å². The second-order valence-electron chi connectivity index (χ2n) is 6.21. The zero-order valence-electron chi connectivity index (χ0n) is 15.9. The molecule has 3 nitrogen and oxygen atoms in total. The summed E-state index contributed by atoms with van der Waals surface area (Å²) in [5, 5.41) is 4.67. The van der Waals surface area contributed by atoms with Crippen molar-refractivity contribution in [2.24, 2.45) is 0 Å². The number of rotatable bonds is 11. The van der Waals surface area contributed by atoms with E-state index in [1.54, 1.807) is 19.2 Å². The molecule has 6 heteroatoms. The van der Waals surface area contributed by atoms with Gasteiger partial charge in [0.1, 0.15) is 6.61 Å². The van der Waals surface area contributed by atoms with Crippen LogP contribution in [0.2, 0.25) is 10.0 Å². The molecule has 0 amide bonds. The van der Waals surface area contributed by atoms with Crippen LogP contribution in [-0.4, -0.2) is 13.7 Å². The normalized spacial score (nSPS) is 10.4.